The summed E-state index contributed by atoms with van der Waals surface area (Å²) >= 11 is 0. The van der Waals surface area contributed by atoms with E-state index in [9.17, 15) is 14.3 Å². The highest BCUT2D eigenvalue weighted by Crippen LogP contribution is 2.31. The highest BCUT2D eigenvalue weighted by atomic mass is 19.1. The third-order valence-electron chi connectivity index (χ3n) is 3.08. The maximum absolute atomic E-state index is 12.8. The fraction of sp³-hybridized carbons (Fsp3) is 0.538. The van der Waals surface area contributed by atoms with Gasteiger partial charge in [-0.3, -0.25) is 4.98 Å². The lowest BCUT2D eigenvalue weighted by Gasteiger charge is -2.30. The Kier molecular flexibility index (Phi) is 4.78. The minimum absolute atomic E-state index is 0.199. The van der Waals surface area contributed by atoms with Crippen LogP contribution in [-0.4, -0.2) is 28.3 Å². The molecule has 0 aliphatic carbocycles. The van der Waals surface area contributed by atoms with Gasteiger partial charge in [0.25, 0.3) is 0 Å². The lowest BCUT2D eigenvalue weighted by Crippen LogP contribution is -2.44. The standard InChI is InChI=1S/C13H18FNO3/c1-4-13(17,12(16)18-5-2)9(3)11-7-6-10(14)8-15-11/h6-9,17H,4-5H2,1-3H3. The number of hydrogen-bond donors (Lipinski definition) is 1. The van der Waals surface area contributed by atoms with Gasteiger partial charge in [0.1, 0.15) is 5.82 Å². The molecule has 1 aromatic heterocycles. The number of hydrogen-bond acceptors (Lipinski definition) is 4. The number of carbonyl (C=O) groups is 1. The first-order valence-electron chi connectivity index (χ1n) is 5.96. The lowest BCUT2D eigenvalue weighted by molar-refractivity contribution is -0.167. The van der Waals surface area contributed by atoms with E-state index in [0.29, 0.717) is 5.69 Å². The van der Waals surface area contributed by atoms with Crippen LogP contribution in [0.4, 0.5) is 4.39 Å². The van der Waals surface area contributed by atoms with E-state index in [-0.39, 0.29) is 13.0 Å². The SMILES string of the molecule is CCOC(=O)C(O)(CC)C(C)c1ccc(F)cn1. The van der Waals surface area contributed by atoms with E-state index in [1.54, 1.807) is 20.8 Å². The fourth-order valence-electron chi connectivity index (χ4n) is 1.77. The quantitative estimate of drug-likeness (QED) is 0.818. The minimum atomic E-state index is -1.64. The van der Waals surface area contributed by atoms with E-state index < -0.39 is 23.3 Å². The van der Waals surface area contributed by atoms with Gasteiger partial charge in [0.15, 0.2) is 5.60 Å². The molecule has 100 valence electrons. The van der Waals surface area contributed by atoms with Crippen molar-refractivity contribution in [2.24, 2.45) is 0 Å². The summed E-state index contributed by atoms with van der Waals surface area (Å²) in [5.74, 6) is -1.70. The molecule has 2 unspecified atom stereocenters. The van der Waals surface area contributed by atoms with Crippen LogP contribution in [-0.2, 0) is 9.53 Å². The first-order valence-corrected chi connectivity index (χ1v) is 5.96. The Hall–Kier alpha value is -1.49. The molecular formula is C13H18FNO3. The number of ether oxygens (including phenoxy) is 1. The number of rotatable bonds is 5. The van der Waals surface area contributed by atoms with Crippen molar-refractivity contribution in [2.45, 2.75) is 38.7 Å². The van der Waals surface area contributed by atoms with Crippen LogP contribution in [0.2, 0.25) is 0 Å². The van der Waals surface area contributed by atoms with Gasteiger partial charge in [-0.1, -0.05) is 13.8 Å². The first-order chi connectivity index (χ1) is 8.45. The molecule has 0 aliphatic heterocycles. The predicted octanol–water partition coefficient (Wildman–Crippen LogP) is 2.03. The minimum Gasteiger partial charge on any atom is -0.464 e. The molecule has 1 heterocycles. The van der Waals surface area contributed by atoms with Crippen molar-refractivity contribution in [1.82, 2.24) is 4.98 Å². The monoisotopic (exact) mass is 255 g/mol. The Morgan fingerprint density at radius 2 is 2.22 bits per heavy atom. The number of aliphatic hydroxyl groups is 1. The van der Waals surface area contributed by atoms with Gasteiger partial charge in [-0.25, -0.2) is 9.18 Å². The zero-order chi connectivity index (χ0) is 13.8. The van der Waals surface area contributed by atoms with Crippen LogP contribution in [0.15, 0.2) is 18.3 Å². The van der Waals surface area contributed by atoms with E-state index in [0.717, 1.165) is 6.20 Å². The van der Waals surface area contributed by atoms with Crippen LogP contribution in [0.1, 0.15) is 38.8 Å². The third-order valence-corrected chi connectivity index (χ3v) is 3.08. The molecule has 0 bridgehead atoms. The summed E-state index contributed by atoms with van der Waals surface area (Å²) in [6.07, 6.45) is 1.26. The van der Waals surface area contributed by atoms with Gasteiger partial charge in [0, 0.05) is 11.6 Å². The van der Waals surface area contributed by atoms with Crippen LogP contribution in [0.25, 0.3) is 0 Å². The summed E-state index contributed by atoms with van der Waals surface area (Å²) in [6, 6.07) is 2.71. The highest BCUT2D eigenvalue weighted by molar-refractivity contribution is 5.80. The Morgan fingerprint density at radius 3 is 2.67 bits per heavy atom. The number of aromatic nitrogens is 1. The summed E-state index contributed by atoms with van der Waals surface area (Å²) in [6.45, 7) is 5.23. The molecule has 0 spiro atoms. The molecule has 1 rings (SSSR count). The van der Waals surface area contributed by atoms with Crippen LogP contribution >= 0.6 is 0 Å². The van der Waals surface area contributed by atoms with Crippen LogP contribution < -0.4 is 0 Å². The second-order valence-corrected chi connectivity index (χ2v) is 4.12. The van der Waals surface area contributed by atoms with Crippen LogP contribution in [0.3, 0.4) is 0 Å². The lowest BCUT2D eigenvalue weighted by atomic mass is 9.84. The molecular weight excluding hydrogens is 237 g/mol. The van der Waals surface area contributed by atoms with Gasteiger partial charge in [-0.05, 0) is 25.5 Å². The van der Waals surface area contributed by atoms with Crippen molar-refractivity contribution in [2.75, 3.05) is 6.61 Å². The van der Waals surface area contributed by atoms with E-state index in [2.05, 4.69) is 4.98 Å². The van der Waals surface area contributed by atoms with Crippen molar-refractivity contribution in [3.05, 3.63) is 29.8 Å². The smallest absolute Gasteiger partial charge is 0.338 e. The van der Waals surface area contributed by atoms with E-state index in [1.165, 1.54) is 12.1 Å². The maximum Gasteiger partial charge on any atom is 0.338 e. The van der Waals surface area contributed by atoms with E-state index in [4.69, 9.17) is 4.74 Å². The second kappa shape index (κ2) is 5.91. The molecule has 1 aromatic rings. The molecule has 2 atom stereocenters. The molecule has 0 fully saturated rings. The predicted molar refractivity (Wildman–Crippen MR) is 64.5 cm³/mol. The Labute approximate surface area is 106 Å². The maximum atomic E-state index is 12.8. The number of esters is 1. The average Bonchev–Trinajstić information content (AvgIpc) is 2.38. The van der Waals surface area contributed by atoms with Gasteiger partial charge < -0.3 is 9.84 Å². The Balaban J connectivity index is 3.00. The van der Waals surface area contributed by atoms with Gasteiger partial charge in [-0.15, -0.1) is 0 Å². The van der Waals surface area contributed by atoms with E-state index in [1.807, 2.05) is 0 Å². The number of nitrogens with zero attached hydrogens (tertiary/aromatic N) is 1. The largest absolute Gasteiger partial charge is 0.464 e. The topological polar surface area (TPSA) is 59.4 Å². The van der Waals surface area contributed by atoms with Crippen molar-refractivity contribution in [3.8, 4) is 0 Å². The molecule has 0 saturated carbocycles. The number of halogens is 1. The molecule has 4 nitrogen and oxygen atoms in total. The molecule has 0 radical (unpaired) electrons. The summed E-state index contributed by atoms with van der Waals surface area (Å²) in [5.41, 5.74) is -1.19. The van der Waals surface area contributed by atoms with Crippen LogP contribution in [0.5, 0.6) is 0 Å². The van der Waals surface area contributed by atoms with Crippen molar-refractivity contribution in [1.29, 1.82) is 0 Å². The summed E-state index contributed by atoms with van der Waals surface area (Å²) in [4.78, 5) is 15.7. The summed E-state index contributed by atoms with van der Waals surface area (Å²) in [7, 11) is 0. The van der Waals surface area contributed by atoms with Crippen molar-refractivity contribution < 1.29 is 19.0 Å². The van der Waals surface area contributed by atoms with E-state index >= 15 is 0 Å². The molecule has 0 aromatic carbocycles. The van der Waals surface area contributed by atoms with Gasteiger partial charge in [0.2, 0.25) is 0 Å². The van der Waals surface area contributed by atoms with Gasteiger partial charge in [-0.2, -0.15) is 0 Å². The Bertz CT molecular complexity index is 407. The zero-order valence-corrected chi connectivity index (χ0v) is 10.8. The molecule has 18 heavy (non-hydrogen) atoms. The number of carbonyl (C=O) groups excluding carboxylic acids is 1. The van der Waals surface area contributed by atoms with Crippen LogP contribution in [0, 0.1) is 5.82 Å². The molecule has 0 aliphatic rings. The highest BCUT2D eigenvalue weighted by Gasteiger charge is 2.42. The van der Waals surface area contributed by atoms with Crippen molar-refractivity contribution in [3.63, 3.8) is 0 Å². The van der Waals surface area contributed by atoms with Crippen molar-refractivity contribution >= 4 is 5.97 Å². The fourth-order valence-corrected chi connectivity index (χ4v) is 1.77. The average molecular weight is 255 g/mol. The second-order valence-electron chi connectivity index (χ2n) is 4.12. The normalized spacial score (nSPS) is 15.8. The number of pyridine rings is 1. The molecule has 5 heteroatoms. The van der Waals surface area contributed by atoms with Gasteiger partial charge in [0.05, 0.1) is 12.8 Å². The zero-order valence-electron chi connectivity index (χ0n) is 10.8. The molecule has 0 saturated heterocycles. The summed E-state index contributed by atoms with van der Waals surface area (Å²) < 4.78 is 17.7. The third kappa shape index (κ3) is 2.85. The molecule has 0 amide bonds. The summed E-state index contributed by atoms with van der Waals surface area (Å²) in [5, 5.41) is 10.4. The molecule has 1 N–H and O–H groups in total. The first kappa shape index (κ1) is 14.6. The van der Waals surface area contributed by atoms with Gasteiger partial charge >= 0.3 is 5.97 Å². The Morgan fingerprint density at radius 1 is 1.56 bits per heavy atom.